The normalized spacial score (nSPS) is 15.1. The highest BCUT2D eigenvalue weighted by molar-refractivity contribution is 7.97. The van der Waals surface area contributed by atoms with Crippen molar-refractivity contribution in [1.82, 2.24) is 14.7 Å². The van der Waals surface area contributed by atoms with Crippen molar-refractivity contribution in [2.45, 2.75) is 56.5 Å². The first-order valence-electron chi connectivity index (χ1n) is 9.13. The zero-order valence-corrected chi connectivity index (χ0v) is 15.6. The van der Waals surface area contributed by atoms with Gasteiger partial charge in [-0.1, -0.05) is 26.2 Å². The molecule has 134 valence electrons. The van der Waals surface area contributed by atoms with E-state index in [1.165, 1.54) is 42.7 Å². The van der Waals surface area contributed by atoms with E-state index in [4.69, 9.17) is 0 Å². The molecule has 0 unspecified atom stereocenters. The molecule has 1 aromatic carbocycles. The number of aromatic nitrogens is 2. The lowest BCUT2D eigenvalue weighted by Crippen LogP contribution is -2.22. The molecule has 5 nitrogen and oxygen atoms in total. The van der Waals surface area contributed by atoms with Crippen LogP contribution in [-0.2, 0) is 6.54 Å². The van der Waals surface area contributed by atoms with E-state index in [1.54, 1.807) is 18.3 Å². The summed E-state index contributed by atoms with van der Waals surface area (Å²) in [5.41, 5.74) is 3.40. The fourth-order valence-electron chi connectivity index (χ4n) is 3.10. The van der Waals surface area contributed by atoms with Gasteiger partial charge in [0.05, 0.1) is 11.4 Å². The molecule has 0 bridgehead atoms. The Bertz CT molecular complexity index is 644. The van der Waals surface area contributed by atoms with Crippen LogP contribution in [0.5, 0.6) is 0 Å². The number of nitrogens with zero attached hydrogens (tertiary/aromatic N) is 2. The van der Waals surface area contributed by atoms with Gasteiger partial charge in [0, 0.05) is 42.0 Å². The van der Waals surface area contributed by atoms with Gasteiger partial charge in [0.15, 0.2) is 0 Å². The Kier molecular flexibility index (Phi) is 6.94. The summed E-state index contributed by atoms with van der Waals surface area (Å²) in [7, 11) is 0. The second-order valence-corrected chi connectivity index (χ2v) is 7.35. The van der Waals surface area contributed by atoms with Crippen molar-refractivity contribution in [2.24, 2.45) is 0 Å². The van der Waals surface area contributed by atoms with Crippen LogP contribution < -0.4 is 15.4 Å². The summed E-state index contributed by atoms with van der Waals surface area (Å²) in [6.07, 6.45) is 11.8. The predicted octanol–water partition coefficient (Wildman–Crippen LogP) is 4.45. The average molecular weight is 358 g/mol. The predicted molar refractivity (Wildman–Crippen MR) is 106 cm³/mol. The highest BCUT2D eigenvalue weighted by atomic mass is 32.2. The summed E-state index contributed by atoms with van der Waals surface area (Å²) >= 11 is 1.67. The smallest absolute Gasteiger partial charge is 0.115 e. The minimum absolute atomic E-state index is 0.585. The molecule has 0 spiro atoms. The highest BCUT2D eigenvalue weighted by Gasteiger charge is 2.15. The van der Waals surface area contributed by atoms with Gasteiger partial charge in [0.1, 0.15) is 6.33 Å². The van der Waals surface area contributed by atoms with Crippen molar-refractivity contribution in [3.63, 3.8) is 0 Å². The molecule has 0 saturated heterocycles. The van der Waals surface area contributed by atoms with Crippen LogP contribution in [0.3, 0.4) is 0 Å². The minimum Gasteiger partial charge on any atom is -0.381 e. The first-order valence-corrected chi connectivity index (χ1v) is 9.95. The lowest BCUT2D eigenvalue weighted by Gasteiger charge is -2.25. The highest BCUT2D eigenvalue weighted by Crippen LogP contribution is 2.30. The van der Waals surface area contributed by atoms with Gasteiger partial charge in [-0.15, -0.1) is 0 Å². The van der Waals surface area contributed by atoms with Crippen LogP contribution in [0.4, 0.5) is 11.4 Å². The molecule has 1 saturated carbocycles. The molecular formula is C19H27N5S. The van der Waals surface area contributed by atoms with Crippen LogP contribution in [-0.4, -0.2) is 22.6 Å². The Labute approximate surface area is 154 Å². The number of rotatable bonds is 8. The Hall–Kier alpha value is -1.79. The van der Waals surface area contributed by atoms with Crippen molar-refractivity contribution in [3.05, 3.63) is 42.5 Å². The quantitative estimate of drug-likeness (QED) is 0.607. The van der Waals surface area contributed by atoms with Gasteiger partial charge >= 0.3 is 0 Å². The SMILES string of the molecule is CCNSc1ccc(NC2CCCCC2)c(NCc2cncnc2)c1. The first kappa shape index (κ1) is 18.0. The van der Waals surface area contributed by atoms with Crippen LogP contribution in [0.2, 0.25) is 0 Å². The van der Waals surface area contributed by atoms with Crippen molar-refractivity contribution >= 4 is 23.3 Å². The van der Waals surface area contributed by atoms with Crippen LogP contribution in [0, 0.1) is 0 Å². The van der Waals surface area contributed by atoms with E-state index in [-0.39, 0.29) is 0 Å². The molecule has 0 atom stereocenters. The molecule has 2 aromatic rings. The maximum absolute atomic E-state index is 4.09. The van der Waals surface area contributed by atoms with Crippen LogP contribution >= 0.6 is 11.9 Å². The van der Waals surface area contributed by atoms with Crippen molar-refractivity contribution in [1.29, 1.82) is 0 Å². The number of nitrogens with one attached hydrogen (secondary N) is 3. The maximum atomic E-state index is 4.09. The molecule has 0 radical (unpaired) electrons. The number of anilines is 2. The standard InChI is InChI=1S/C19H27N5S/c1-2-23-25-17-8-9-18(24-16-6-4-3-5-7-16)19(10-17)22-13-15-11-20-14-21-12-15/h8-12,14,16,22-24H,2-7,13H2,1H3. The van der Waals surface area contributed by atoms with E-state index in [0.29, 0.717) is 6.04 Å². The van der Waals surface area contributed by atoms with Crippen molar-refractivity contribution < 1.29 is 0 Å². The molecule has 1 aliphatic carbocycles. The minimum atomic E-state index is 0.585. The third-order valence-corrected chi connectivity index (χ3v) is 5.31. The topological polar surface area (TPSA) is 61.9 Å². The molecular weight excluding hydrogens is 330 g/mol. The van der Waals surface area contributed by atoms with E-state index in [1.807, 2.05) is 12.4 Å². The fourth-order valence-corrected chi connectivity index (χ4v) is 3.72. The van der Waals surface area contributed by atoms with Crippen LogP contribution in [0.15, 0.2) is 41.8 Å². The summed E-state index contributed by atoms with van der Waals surface area (Å²) in [6, 6.07) is 7.16. The Morgan fingerprint density at radius 2 is 1.88 bits per heavy atom. The number of benzene rings is 1. The summed E-state index contributed by atoms with van der Waals surface area (Å²) in [4.78, 5) is 9.39. The van der Waals surface area contributed by atoms with Gasteiger partial charge in [-0.05, 0) is 43.0 Å². The van der Waals surface area contributed by atoms with Gasteiger partial charge < -0.3 is 10.6 Å². The second kappa shape index (κ2) is 9.63. The molecule has 25 heavy (non-hydrogen) atoms. The number of hydrogen-bond donors (Lipinski definition) is 3. The van der Waals surface area contributed by atoms with Gasteiger partial charge in [-0.25, -0.2) is 9.97 Å². The molecule has 3 rings (SSSR count). The monoisotopic (exact) mass is 357 g/mol. The largest absolute Gasteiger partial charge is 0.381 e. The maximum Gasteiger partial charge on any atom is 0.115 e. The van der Waals surface area contributed by atoms with Crippen LogP contribution in [0.1, 0.15) is 44.6 Å². The molecule has 0 amide bonds. The third-order valence-electron chi connectivity index (χ3n) is 4.39. The molecule has 1 aliphatic rings. The zero-order valence-electron chi connectivity index (χ0n) is 14.8. The van der Waals surface area contributed by atoms with Crippen molar-refractivity contribution in [3.8, 4) is 0 Å². The average Bonchev–Trinajstić information content (AvgIpc) is 2.67. The Balaban J connectivity index is 1.72. The molecule has 1 fully saturated rings. The summed E-state index contributed by atoms with van der Waals surface area (Å²) in [6.45, 7) is 3.77. The molecule has 1 heterocycles. The Morgan fingerprint density at radius 1 is 1.08 bits per heavy atom. The van der Waals surface area contributed by atoms with E-state index in [2.05, 4.69) is 50.4 Å². The zero-order chi connectivity index (χ0) is 17.3. The van der Waals surface area contributed by atoms with Gasteiger partial charge in [-0.3, -0.25) is 4.72 Å². The molecule has 6 heteroatoms. The molecule has 0 aliphatic heterocycles. The number of hydrogen-bond acceptors (Lipinski definition) is 6. The van der Waals surface area contributed by atoms with E-state index < -0.39 is 0 Å². The summed E-state index contributed by atoms with van der Waals surface area (Å²) in [5.74, 6) is 0. The summed E-state index contributed by atoms with van der Waals surface area (Å²) < 4.78 is 3.31. The van der Waals surface area contributed by atoms with E-state index in [9.17, 15) is 0 Å². The molecule has 3 N–H and O–H groups in total. The van der Waals surface area contributed by atoms with E-state index >= 15 is 0 Å². The first-order chi connectivity index (χ1) is 12.3. The van der Waals surface area contributed by atoms with Gasteiger partial charge in [0.2, 0.25) is 0 Å². The lowest BCUT2D eigenvalue weighted by molar-refractivity contribution is 0.463. The lowest BCUT2D eigenvalue weighted by atomic mass is 9.95. The van der Waals surface area contributed by atoms with Gasteiger partial charge in [0.25, 0.3) is 0 Å². The van der Waals surface area contributed by atoms with Gasteiger partial charge in [-0.2, -0.15) is 0 Å². The van der Waals surface area contributed by atoms with Crippen LogP contribution in [0.25, 0.3) is 0 Å². The fraction of sp³-hybridized carbons (Fsp3) is 0.474. The van der Waals surface area contributed by atoms with E-state index in [0.717, 1.165) is 24.3 Å². The summed E-state index contributed by atoms with van der Waals surface area (Å²) in [5, 5.41) is 7.30. The third kappa shape index (κ3) is 5.61. The molecule has 1 aromatic heterocycles. The second-order valence-electron chi connectivity index (χ2n) is 6.39. The van der Waals surface area contributed by atoms with Crippen molar-refractivity contribution in [2.75, 3.05) is 17.2 Å². The Morgan fingerprint density at radius 3 is 2.64 bits per heavy atom.